The largest absolute Gasteiger partial charge is 0.481 e. The van der Waals surface area contributed by atoms with E-state index in [0.29, 0.717) is 0 Å². The van der Waals surface area contributed by atoms with Gasteiger partial charge in [0.2, 0.25) is 5.91 Å². The Morgan fingerprint density at radius 2 is 1.85 bits per heavy atom. The summed E-state index contributed by atoms with van der Waals surface area (Å²) in [4.78, 5) is 22.6. The summed E-state index contributed by atoms with van der Waals surface area (Å²) in [5.74, 6) is -1.43. The van der Waals surface area contributed by atoms with Crippen LogP contribution >= 0.6 is 0 Å². The molecule has 0 heterocycles. The predicted octanol–water partition coefficient (Wildman–Crippen LogP) is 1.51. The first-order valence-corrected chi connectivity index (χ1v) is 6.56. The van der Waals surface area contributed by atoms with E-state index in [1.165, 1.54) is 0 Å². The van der Waals surface area contributed by atoms with Crippen LogP contribution in [0.5, 0.6) is 0 Å². The zero-order valence-electron chi connectivity index (χ0n) is 11.8. The van der Waals surface area contributed by atoms with Crippen molar-refractivity contribution >= 4 is 11.9 Å². The van der Waals surface area contributed by atoms with E-state index in [2.05, 4.69) is 5.32 Å². The fourth-order valence-electron chi connectivity index (χ4n) is 2.05. The first-order valence-electron chi connectivity index (χ1n) is 6.56. The molecule has 1 amide bonds. The van der Waals surface area contributed by atoms with Crippen molar-refractivity contribution in [2.45, 2.75) is 32.2 Å². The molecule has 5 heteroatoms. The maximum absolute atomic E-state index is 12.0. The van der Waals surface area contributed by atoms with Crippen LogP contribution in [-0.2, 0) is 15.1 Å². The Kier molecular flexibility index (Phi) is 5.70. The monoisotopic (exact) mass is 279 g/mol. The number of rotatable bonds is 7. The molecule has 0 saturated heterocycles. The lowest BCUT2D eigenvalue weighted by Crippen LogP contribution is -2.46. The van der Waals surface area contributed by atoms with Crippen LogP contribution in [0.15, 0.2) is 30.3 Å². The molecule has 0 bridgehead atoms. The van der Waals surface area contributed by atoms with E-state index in [-0.39, 0.29) is 31.3 Å². The van der Waals surface area contributed by atoms with Gasteiger partial charge in [0.25, 0.3) is 0 Å². The molecule has 0 spiro atoms. The van der Waals surface area contributed by atoms with Crippen LogP contribution in [0.1, 0.15) is 32.3 Å². The highest BCUT2D eigenvalue weighted by molar-refractivity contribution is 5.78. The van der Waals surface area contributed by atoms with Gasteiger partial charge in [-0.3, -0.25) is 9.59 Å². The highest BCUT2D eigenvalue weighted by atomic mass is 16.4. The van der Waals surface area contributed by atoms with Gasteiger partial charge in [-0.05, 0) is 18.4 Å². The molecule has 1 rings (SSSR count). The highest BCUT2D eigenvalue weighted by Gasteiger charge is 2.28. The number of carboxylic acid groups (broad SMARTS) is 1. The van der Waals surface area contributed by atoms with E-state index in [1.807, 2.05) is 30.3 Å². The van der Waals surface area contributed by atoms with E-state index >= 15 is 0 Å². The lowest BCUT2D eigenvalue weighted by molar-refractivity contribution is -0.138. The van der Waals surface area contributed by atoms with Crippen LogP contribution < -0.4 is 5.32 Å². The molecule has 0 aliphatic carbocycles. The van der Waals surface area contributed by atoms with Crippen LogP contribution in [0, 0.1) is 5.92 Å². The standard InChI is InChI=1S/C15H21NO4/c1-11(9-14(19)20)8-13(18)16-15(2,10-17)12-6-4-3-5-7-12/h3-7,11,17H,8-10H2,1-2H3,(H,16,18)(H,19,20). The van der Waals surface area contributed by atoms with Crippen molar-refractivity contribution in [2.75, 3.05) is 6.61 Å². The molecule has 0 aliphatic rings. The third-order valence-electron chi connectivity index (χ3n) is 3.20. The predicted molar refractivity (Wildman–Crippen MR) is 75.1 cm³/mol. The topological polar surface area (TPSA) is 86.6 Å². The molecule has 5 nitrogen and oxygen atoms in total. The number of amides is 1. The van der Waals surface area contributed by atoms with Crippen molar-refractivity contribution in [3.8, 4) is 0 Å². The molecule has 0 saturated carbocycles. The summed E-state index contributed by atoms with van der Waals surface area (Å²) in [6, 6.07) is 9.19. The van der Waals surface area contributed by atoms with E-state index in [0.717, 1.165) is 5.56 Å². The lowest BCUT2D eigenvalue weighted by Gasteiger charge is -2.29. The number of hydrogen-bond donors (Lipinski definition) is 3. The van der Waals surface area contributed by atoms with Gasteiger partial charge in [0, 0.05) is 12.8 Å². The van der Waals surface area contributed by atoms with Crippen molar-refractivity contribution in [3.05, 3.63) is 35.9 Å². The van der Waals surface area contributed by atoms with Gasteiger partial charge in [0.05, 0.1) is 12.1 Å². The van der Waals surface area contributed by atoms with E-state index in [4.69, 9.17) is 5.11 Å². The maximum Gasteiger partial charge on any atom is 0.303 e. The second kappa shape index (κ2) is 7.05. The summed E-state index contributed by atoms with van der Waals surface area (Å²) in [6.45, 7) is 3.23. The normalized spacial score (nSPS) is 15.2. The molecule has 20 heavy (non-hydrogen) atoms. The molecular formula is C15H21NO4. The Hall–Kier alpha value is -1.88. The number of aliphatic hydroxyl groups excluding tert-OH is 1. The Bertz CT molecular complexity index is 460. The second-order valence-corrected chi connectivity index (χ2v) is 5.31. The average Bonchev–Trinajstić information content (AvgIpc) is 2.38. The zero-order chi connectivity index (χ0) is 15.2. The third-order valence-corrected chi connectivity index (χ3v) is 3.20. The molecule has 2 unspecified atom stereocenters. The van der Waals surface area contributed by atoms with Gasteiger partial charge in [0.1, 0.15) is 0 Å². The molecule has 0 aliphatic heterocycles. The Balaban J connectivity index is 2.69. The van der Waals surface area contributed by atoms with Crippen LogP contribution in [-0.4, -0.2) is 28.7 Å². The minimum Gasteiger partial charge on any atom is -0.481 e. The summed E-state index contributed by atoms with van der Waals surface area (Å²) in [7, 11) is 0. The summed E-state index contributed by atoms with van der Waals surface area (Å²) in [6.07, 6.45) is 0.0727. The number of hydrogen-bond acceptors (Lipinski definition) is 3. The Labute approximate surface area is 118 Å². The fraction of sp³-hybridized carbons (Fsp3) is 0.467. The molecule has 1 aromatic rings. The Morgan fingerprint density at radius 3 is 2.35 bits per heavy atom. The average molecular weight is 279 g/mol. The summed E-state index contributed by atoms with van der Waals surface area (Å²) in [5.41, 5.74) is -0.0527. The number of aliphatic carboxylic acids is 1. The van der Waals surface area contributed by atoms with Crippen LogP contribution in [0.25, 0.3) is 0 Å². The van der Waals surface area contributed by atoms with E-state index in [1.54, 1.807) is 13.8 Å². The van der Waals surface area contributed by atoms with Crippen LogP contribution in [0.4, 0.5) is 0 Å². The molecular weight excluding hydrogens is 258 g/mol. The van der Waals surface area contributed by atoms with Gasteiger partial charge >= 0.3 is 5.97 Å². The number of carbonyl (C=O) groups is 2. The third kappa shape index (κ3) is 4.66. The first kappa shape index (κ1) is 16.2. The number of benzene rings is 1. The van der Waals surface area contributed by atoms with Crippen molar-refractivity contribution in [1.29, 1.82) is 0 Å². The van der Waals surface area contributed by atoms with Crippen molar-refractivity contribution in [1.82, 2.24) is 5.32 Å². The molecule has 0 fully saturated rings. The number of carboxylic acids is 1. The van der Waals surface area contributed by atoms with Gasteiger partial charge in [-0.15, -0.1) is 0 Å². The first-order chi connectivity index (χ1) is 9.37. The van der Waals surface area contributed by atoms with Gasteiger partial charge in [0.15, 0.2) is 0 Å². The van der Waals surface area contributed by atoms with Gasteiger partial charge in [-0.2, -0.15) is 0 Å². The Morgan fingerprint density at radius 1 is 1.25 bits per heavy atom. The minimum absolute atomic E-state index is 0.0470. The fourth-order valence-corrected chi connectivity index (χ4v) is 2.05. The highest BCUT2D eigenvalue weighted by Crippen LogP contribution is 2.20. The molecule has 3 N–H and O–H groups in total. The van der Waals surface area contributed by atoms with Crippen molar-refractivity contribution < 1.29 is 19.8 Å². The van der Waals surface area contributed by atoms with Gasteiger partial charge < -0.3 is 15.5 Å². The SMILES string of the molecule is CC(CC(=O)O)CC(=O)NC(C)(CO)c1ccccc1. The molecule has 110 valence electrons. The molecule has 0 radical (unpaired) electrons. The molecule has 2 atom stereocenters. The van der Waals surface area contributed by atoms with E-state index in [9.17, 15) is 14.7 Å². The summed E-state index contributed by atoms with van der Waals surface area (Å²) >= 11 is 0. The number of aliphatic hydroxyl groups is 1. The number of nitrogens with one attached hydrogen (secondary N) is 1. The molecule has 0 aromatic heterocycles. The van der Waals surface area contributed by atoms with Crippen molar-refractivity contribution in [3.63, 3.8) is 0 Å². The summed E-state index contributed by atoms with van der Waals surface area (Å²) < 4.78 is 0. The maximum atomic E-state index is 12.0. The summed E-state index contributed by atoms with van der Waals surface area (Å²) in [5, 5.41) is 21.0. The van der Waals surface area contributed by atoms with Crippen LogP contribution in [0.3, 0.4) is 0 Å². The van der Waals surface area contributed by atoms with Crippen LogP contribution in [0.2, 0.25) is 0 Å². The number of carbonyl (C=O) groups excluding carboxylic acids is 1. The quantitative estimate of drug-likeness (QED) is 0.706. The van der Waals surface area contributed by atoms with Crippen molar-refractivity contribution in [2.24, 2.45) is 5.92 Å². The van der Waals surface area contributed by atoms with Gasteiger partial charge in [-0.1, -0.05) is 37.3 Å². The lowest BCUT2D eigenvalue weighted by atomic mass is 9.92. The van der Waals surface area contributed by atoms with Gasteiger partial charge in [-0.25, -0.2) is 0 Å². The van der Waals surface area contributed by atoms with E-state index < -0.39 is 11.5 Å². The zero-order valence-corrected chi connectivity index (χ0v) is 11.8. The molecule has 1 aromatic carbocycles. The minimum atomic E-state index is -0.918. The second-order valence-electron chi connectivity index (χ2n) is 5.31. The smallest absolute Gasteiger partial charge is 0.303 e.